The van der Waals surface area contributed by atoms with Gasteiger partial charge in [0, 0.05) is 23.5 Å². The van der Waals surface area contributed by atoms with Gasteiger partial charge in [-0.15, -0.1) is 0 Å². The van der Waals surface area contributed by atoms with Gasteiger partial charge in [-0.05, 0) is 35.4 Å². The summed E-state index contributed by atoms with van der Waals surface area (Å²) in [6.07, 6.45) is 0.551. The normalized spacial score (nSPS) is 12.6. The van der Waals surface area contributed by atoms with Gasteiger partial charge in [-0.3, -0.25) is 4.79 Å². The zero-order chi connectivity index (χ0) is 21.5. The average molecular weight is 406 g/mol. The van der Waals surface area contributed by atoms with Gasteiger partial charge in [0.1, 0.15) is 6.10 Å². The Morgan fingerprint density at radius 2 is 1.47 bits per heavy atom. The molecule has 2 atom stereocenters. The van der Waals surface area contributed by atoms with Crippen molar-refractivity contribution in [1.29, 1.82) is 0 Å². The summed E-state index contributed by atoms with van der Waals surface area (Å²) in [6.45, 7) is -0.492. The van der Waals surface area contributed by atoms with Crippen LogP contribution in [-0.2, 0) is 6.42 Å². The van der Waals surface area contributed by atoms with Crippen molar-refractivity contribution in [3.8, 4) is 17.6 Å². The van der Waals surface area contributed by atoms with Crippen LogP contribution in [0.3, 0.4) is 0 Å². The Balaban J connectivity index is 1.72. The molecule has 0 aliphatic rings. The van der Waals surface area contributed by atoms with Crippen molar-refractivity contribution in [2.24, 2.45) is 0 Å². The summed E-state index contributed by atoms with van der Waals surface area (Å²) in [7, 11) is 0. The van der Waals surface area contributed by atoms with Gasteiger partial charge in [0.2, 0.25) is 5.75 Å². The van der Waals surface area contributed by atoms with Crippen molar-refractivity contribution < 1.29 is 20.4 Å². The van der Waals surface area contributed by atoms with E-state index >= 15 is 0 Å². The summed E-state index contributed by atoms with van der Waals surface area (Å²) < 4.78 is 0. The van der Waals surface area contributed by atoms with Crippen LogP contribution in [-0.4, -0.2) is 43.6 Å². The molecule has 0 saturated heterocycles. The Morgan fingerprint density at radius 1 is 0.900 bits per heavy atom. The molecule has 3 aromatic rings. The summed E-state index contributed by atoms with van der Waals surface area (Å²) in [5, 5.41) is 38.2. The molecule has 5 N–H and O–H groups in total. The van der Waals surface area contributed by atoms with Crippen LogP contribution in [0.4, 0.5) is 0 Å². The number of aliphatic hydroxyl groups excluding tert-OH is 3. The highest BCUT2D eigenvalue weighted by molar-refractivity contribution is 5.44. The molecule has 1 unspecified atom stereocenters. The van der Waals surface area contributed by atoms with E-state index in [1.165, 1.54) is 6.33 Å². The Morgan fingerprint density at radius 3 is 2.00 bits per heavy atom. The van der Waals surface area contributed by atoms with E-state index in [1.54, 1.807) is 24.3 Å². The molecule has 2 aromatic carbocycles. The third-order valence-electron chi connectivity index (χ3n) is 4.77. The highest BCUT2D eigenvalue weighted by Gasteiger charge is 2.16. The van der Waals surface area contributed by atoms with Crippen molar-refractivity contribution in [3.05, 3.63) is 93.2 Å². The molecule has 154 valence electrons. The van der Waals surface area contributed by atoms with Crippen molar-refractivity contribution >= 4 is 0 Å². The Labute approximate surface area is 173 Å². The van der Waals surface area contributed by atoms with E-state index in [4.69, 9.17) is 5.11 Å². The number of aromatic amines is 1. The molecule has 0 aliphatic heterocycles. The number of benzene rings is 2. The van der Waals surface area contributed by atoms with E-state index in [-0.39, 0.29) is 31.2 Å². The second-order valence-electron chi connectivity index (χ2n) is 6.80. The molecular weight excluding hydrogens is 384 g/mol. The molecule has 0 aliphatic carbocycles. The molecule has 3 rings (SSSR count). The summed E-state index contributed by atoms with van der Waals surface area (Å²) in [5.74, 6) is 5.33. The summed E-state index contributed by atoms with van der Waals surface area (Å²) >= 11 is 0. The van der Waals surface area contributed by atoms with Crippen molar-refractivity contribution in [2.75, 3.05) is 13.2 Å². The first-order chi connectivity index (χ1) is 14.5. The van der Waals surface area contributed by atoms with Crippen LogP contribution in [0.15, 0.2) is 59.7 Å². The van der Waals surface area contributed by atoms with Crippen LogP contribution in [0.5, 0.6) is 5.75 Å². The van der Waals surface area contributed by atoms with Crippen LogP contribution < -0.4 is 5.56 Å². The smallest absolute Gasteiger partial charge is 0.293 e. The van der Waals surface area contributed by atoms with Gasteiger partial charge in [0.15, 0.2) is 0 Å². The molecule has 0 amide bonds. The van der Waals surface area contributed by atoms with Crippen LogP contribution in [0.2, 0.25) is 0 Å². The first kappa shape index (κ1) is 21.3. The van der Waals surface area contributed by atoms with E-state index in [0.29, 0.717) is 5.56 Å². The third kappa shape index (κ3) is 5.13. The van der Waals surface area contributed by atoms with Crippen molar-refractivity contribution in [2.45, 2.75) is 18.4 Å². The summed E-state index contributed by atoms with van der Waals surface area (Å²) in [6, 6.07) is 14.3. The number of aliphatic hydroxyl groups is 3. The lowest BCUT2D eigenvalue weighted by atomic mass is 9.94. The largest absolute Gasteiger partial charge is 0.502 e. The van der Waals surface area contributed by atoms with Crippen LogP contribution >= 0.6 is 0 Å². The van der Waals surface area contributed by atoms with Gasteiger partial charge in [0.05, 0.1) is 25.2 Å². The molecule has 1 aromatic heterocycles. The Hall–Kier alpha value is -3.44. The van der Waals surface area contributed by atoms with E-state index in [1.807, 2.05) is 24.3 Å². The zero-order valence-corrected chi connectivity index (χ0v) is 16.1. The molecule has 7 heteroatoms. The molecule has 0 bridgehead atoms. The molecular formula is C23H22N2O5. The molecule has 1 heterocycles. The van der Waals surface area contributed by atoms with Crippen molar-refractivity contribution in [1.82, 2.24) is 9.97 Å². The first-order valence-electron chi connectivity index (χ1n) is 9.39. The number of H-pyrrole nitrogens is 1. The maximum Gasteiger partial charge on any atom is 0.293 e. The lowest BCUT2D eigenvalue weighted by molar-refractivity contribution is 0.0956. The topological polar surface area (TPSA) is 127 Å². The number of aromatic nitrogens is 2. The van der Waals surface area contributed by atoms with Gasteiger partial charge in [-0.25, -0.2) is 4.98 Å². The van der Waals surface area contributed by atoms with E-state index in [2.05, 4.69) is 21.8 Å². The minimum Gasteiger partial charge on any atom is -0.502 e. The second kappa shape index (κ2) is 9.85. The van der Waals surface area contributed by atoms with Gasteiger partial charge < -0.3 is 25.4 Å². The predicted molar refractivity (Wildman–Crippen MR) is 111 cm³/mol. The Kier molecular flexibility index (Phi) is 6.99. The molecule has 0 radical (unpaired) electrons. The molecule has 0 fully saturated rings. The predicted octanol–water partition coefficient (Wildman–Crippen LogP) is 1.22. The first-order valence-corrected chi connectivity index (χ1v) is 9.39. The van der Waals surface area contributed by atoms with Gasteiger partial charge in [-0.2, -0.15) is 0 Å². The molecule has 30 heavy (non-hydrogen) atoms. The highest BCUT2D eigenvalue weighted by Crippen LogP contribution is 2.22. The number of hydrogen-bond acceptors (Lipinski definition) is 6. The number of nitrogens with zero attached hydrogens (tertiary/aromatic N) is 1. The maximum atomic E-state index is 11.5. The average Bonchev–Trinajstić information content (AvgIpc) is 2.79. The highest BCUT2D eigenvalue weighted by atomic mass is 16.3. The zero-order valence-electron chi connectivity index (χ0n) is 16.1. The lowest BCUT2D eigenvalue weighted by Gasteiger charge is -2.14. The monoisotopic (exact) mass is 406 g/mol. The van der Waals surface area contributed by atoms with E-state index in [9.17, 15) is 20.1 Å². The second-order valence-corrected chi connectivity index (χ2v) is 6.80. The van der Waals surface area contributed by atoms with Gasteiger partial charge in [-0.1, -0.05) is 36.1 Å². The summed E-state index contributed by atoms with van der Waals surface area (Å²) in [5.41, 5.74) is 2.65. The lowest BCUT2D eigenvalue weighted by Crippen LogP contribution is -2.14. The quantitative estimate of drug-likeness (QED) is 0.392. The van der Waals surface area contributed by atoms with Crippen LogP contribution in [0, 0.1) is 11.8 Å². The minimum atomic E-state index is -0.898. The van der Waals surface area contributed by atoms with Crippen LogP contribution in [0.25, 0.3) is 0 Å². The Bertz CT molecular complexity index is 1100. The molecule has 0 spiro atoms. The number of hydrogen-bond donors (Lipinski definition) is 5. The molecule has 0 saturated carbocycles. The van der Waals surface area contributed by atoms with Crippen LogP contribution in [0.1, 0.15) is 40.0 Å². The maximum absolute atomic E-state index is 11.5. The molecule has 7 nitrogen and oxygen atoms in total. The van der Waals surface area contributed by atoms with Crippen molar-refractivity contribution in [3.63, 3.8) is 0 Å². The third-order valence-corrected chi connectivity index (χ3v) is 4.77. The van der Waals surface area contributed by atoms with Gasteiger partial charge in [0.25, 0.3) is 5.56 Å². The fraction of sp³-hybridized carbons (Fsp3) is 0.217. The standard InChI is InChI=1S/C23H22N2O5/c26-12-19(11-20-22(29)23(30)25-14-24-20)17-7-3-15(4-8-17)1-2-16-5-9-18(10-6-16)21(28)13-27/h3-10,14,19,21,26-29H,11-13H2,(H,24,25,30)/t19-,21?/m0/s1. The number of nitrogens with one attached hydrogen (secondary N) is 1. The van der Waals surface area contributed by atoms with E-state index < -0.39 is 17.4 Å². The summed E-state index contributed by atoms with van der Waals surface area (Å²) in [4.78, 5) is 17.8. The SMILES string of the molecule is O=c1[nH]cnc(C[C@@H](CO)c2ccc(C#Cc3ccc(C(O)CO)cc3)cc2)c1O. The fourth-order valence-electron chi connectivity index (χ4n) is 2.98. The van der Waals surface area contributed by atoms with E-state index in [0.717, 1.165) is 16.7 Å². The number of rotatable bonds is 6. The van der Waals surface area contributed by atoms with Gasteiger partial charge >= 0.3 is 0 Å². The fourth-order valence-corrected chi connectivity index (χ4v) is 2.98. The number of aromatic hydroxyl groups is 1. The minimum absolute atomic E-state index is 0.162.